The fourth-order valence-electron chi connectivity index (χ4n) is 2.07. The van der Waals surface area contributed by atoms with E-state index in [0.717, 1.165) is 18.7 Å². The van der Waals surface area contributed by atoms with Gasteiger partial charge in [0.1, 0.15) is 17.6 Å². The molecule has 1 aromatic heterocycles. The molecule has 8 heteroatoms. The van der Waals surface area contributed by atoms with Crippen molar-refractivity contribution in [1.82, 2.24) is 4.98 Å². The number of anilines is 1. The molecular formula is C11H13N3O5. The molecule has 2 heterocycles. The maximum absolute atomic E-state index is 11.2. The van der Waals surface area contributed by atoms with Gasteiger partial charge in [0, 0.05) is 26.3 Å². The maximum Gasteiger partial charge on any atom is 0.339 e. The quantitative estimate of drug-likeness (QED) is 0.638. The van der Waals surface area contributed by atoms with E-state index in [4.69, 9.17) is 9.84 Å². The second kappa shape index (κ2) is 5.19. The number of carboxylic acids is 1. The first-order valence-electron chi connectivity index (χ1n) is 5.68. The number of methoxy groups -OCH3 is 1. The molecule has 1 unspecified atom stereocenters. The Bertz CT molecular complexity index is 519. The molecular weight excluding hydrogens is 254 g/mol. The average Bonchev–Trinajstić information content (AvgIpc) is 2.86. The van der Waals surface area contributed by atoms with Crippen LogP contribution in [0, 0.1) is 10.1 Å². The molecule has 0 amide bonds. The molecule has 0 aliphatic carbocycles. The Hall–Kier alpha value is -2.22. The zero-order valence-corrected chi connectivity index (χ0v) is 10.3. The number of aromatic carboxylic acids is 1. The van der Waals surface area contributed by atoms with Gasteiger partial charge in [-0.1, -0.05) is 0 Å². The molecule has 1 saturated heterocycles. The van der Waals surface area contributed by atoms with Crippen LogP contribution >= 0.6 is 0 Å². The Balaban J connectivity index is 2.35. The van der Waals surface area contributed by atoms with E-state index < -0.39 is 10.9 Å². The van der Waals surface area contributed by atoms with Gasteiger partial charge in [0.15, 0.2) is 0 Å². The van der Waals surface area contributed by atoms with E-state index in [9.17, 15) is 14.9 Å². The van der Waals surface area contributed by atoms with Crippen LogP contribution < -0.4 is 4.90 Å². The van der Waals surface area contributed by atoms with Crippen LogP contribution in [0.15, 0.2) is 12.3 Å². The van der Waals surface area contributed by atoms with Crippen molar-refractivity contribution in [2.75, 3.05) is 25.1 Å². The summed E-state index contributed by atoms with van der Waals surface area (Å²) in [6.07, 6.45) is 1.87. The van der Waals surface area contributed by atoms with Crippen LogP contribution in [0.3, 0.4) is 0 Å². The third-order valence-electron chi connectivity index (χ3n) is 3.07. The monoisotopic (exact) mass is 267 g/mol. The molecule has 8 nitrogen and oxygen atoms in total. The van der Waals surface area contributed by atoms with Crippen molar-refractivity contribution in [3.63, 3.8) is 0 Å². The van der Waals surface area contributed by atoms with Gasteiger partial charge in [-0.05, 0) is 6.42 Å². The highest BCUT2D eigenvalue weighted by Crippen LogP contribution is 2.26. The predicted molar refractivity (Wildman–Crippen MR) is 65.5 cm³/mol. The van der Waals surface area contributed by atoms with Gasteiger partial charge in [0.05, 0.1) is 11.0 Å². The number of nitro groups is 1. The average molecular weight is 267 g/mol. The van der Waals surface area contributed by atoms with Crippen LogP contribution in [0.25, 0.3) is 0 Å². The third kappa shape index (κ3) is 2.63. The van der Waals surface area contributed by atoms with E-state index in [1.54, 1.807) is 12.0 Å². The van der Waals surface area contributed by atoms with Gasteiger partial charge in [-0.15, -0.1) is 0 Å². The number of carbonyl (C=O) groups is 1. The number of pyridine rings is 1. The van der Waals surface area contributed by atoms with Gasteiger partial charge >= 0.3 is 5.97 Å². The summed E-state index contributed by atoms with van der Waals surface area (Å²) in [5.74, 6) is -0.982. The minimum Gasteiger partial charge on any atom is -0.478 e. The Morgan fingerprint density at radius 2 is 2.42 bits per heavy atom. The molecule has 0 spiro atoms. The highest BCUT2D eigenvalue weighted by Gasteiger charge is 2.28. The van der Waals surface area contributed by atoms with Crippen molar-refractivity contribution in [2.24, 2.45) is 0 Å². The standard InChI is InChI=1S/C11H13N3O5/c1-19-8-2-3-13(6-8)10-9(11(15)16)4-7(5-12-10)14(17)18/h4-5,8H,2-3,6H2,1H3,(H,15,16). The summed E-state index contributed by atoms with van der Waals surface area (Å²) in [6.45, 7) is 1.14. The van der Waals surface area contributed by atoms with Crippen LogP contribution in [0.4, 0.5) is 11.5 Å². The largest absolute Gasteiger partial charge is 0.478 e. The summed E-state index contributed by atoms with van der Waals surface area (Å²) >= 11 is 0. The minimum atomic E-state index is -1.23. The van der Waals surface area contributed by atoms with Gasteiger partial charge in [-0.25, -0.2) is 9.78 Å². The normalized spacial score (nSPS) is 18.6. The summed E-state index contributed by atoms with van der Waals surface area (Å²) in [4.78, 5) is 26.9. The Kier molecular flexibility index (Phi) is 3.61. The second-order valence-corrected chi connectivity index (χ2v) is 4.22. The fraction of sp³-hybridized carbons (Fsp3) is 0.455. The van der Waals surface area contributed by atoms with Gasteiger partial charge in [-0.2, -0.15) is 0 Å². The number of hydrogen-bond acceptors (Lipinski definition) is 6. The van der Waals surface area contributed by atoms with Crippen molar-refractivity contribution in [2.45, 2.75) is 12.5 Å². The zero-order chi connectivity index (χ0) is 14.0. The van der Waals surface area contributed by atoms with E-state index in [1.165, 1.54) is 0 Å². The lowest BCUT2D eigenvalue weighted by atomic mass is 10.2. The van der Waals surface area contributed by atoms with E-state index in [-0.39, 0.29) is 23.2 Å². The fourth-order valence-corrected chi connectivity index (χ4v) is 2.07. The molecule has 1 aliphatic heterocycles. The lowest BCUT2D eigenvalue weighted by Gasteiger charge is -2.18. The number of ether oxygens (including phenoxy) is 1. The number of aromatic nitrogens is 1. The molecule has 1 aliphatic rings. The molecule has 19 heavy (non-hydrogen) atoms. The van der Waals surface area contributed by atoms with Crippen LogP contribution in [0.2, 0.25) is 0 Å². The van der Waals surface area contributed by atoms with Crippen molar-refractivity contribution in [3.8, 4) is 0 Å². The van der Waals surface area contributed by atoms with Crippen LogP contribution in [0.1, 0.15) is 16.8 Å². The molecule has 1 fully saturated rings. The number of hydrogen-bond donors (Lipinski definition) is 1. The lowest BCUT2D eigenvalue weighted by Crippen LogP contribution is -2.25. The Morgan fingerprint density at radius 3 is 2.95 bits per heavy atom. The first-order valence-corrected chi connectivity index (χ1v) is 5.68. The van der Waals surface area contributed by atoms with Gasteiger partial charge in [0.2, 0.25) is 0 Å². The summed E-state index contributed by atoms with van der Waals surface area (Å²) in [5.41, 5.74) is -0.491. The molecule has 0 bridgehead atoms. The SMILES string of the molecule is COC1CCN(c2ncc([N+](=O)[O-])cc2C(=O)O)C1. The van der Waals surface area contributed by atoms with Crippen molar-refractivity contribution in [3.05, 3.63) is 27.9 Å². The molecule has 1 aromatic rings. The van der Waals surface area contributed by atoms with Crippen molar-refractivity contribution in [1.29, 1.82) is 0 Å². The van der Waals surface area contributed by atoms with E-state index in [1.807, 2.05) is 0 Å². The van der Waals surface area contributed by atoms with Crippen LogP contribution in [0.5, 0.6) is 0 Å². The number of carboxylic acid groups (broad SMARTS) is 1. The molecule has 0 aromatic carbocycles. The van der Waals surface area contributed by atoms with Crippen molar-refractivity contribution >= 4 is 17.5 Å². The zero-order valence-electron chi connectivity index (χ0n) is 10.3. The summed E-state index contributed by atoms with van der Waals surface area (Å²) in [6, 6.07) is 1.03. The Morgan fingerprint density at radius 1 is 1.68 bits per heavy atom. The second-order valence-electron chi connectivity index (χ2n) is 4.22. The van der Waals surface area contributed by atoms with E-state index in [0.29, 0.717) is 13.1 Å². The molecule has 1 N–H and O–H groups in total. The topological polar surface area (TPSA) is 106 Å². The summed E-state index contributed by atoms with van der Waals surface area (Å²) in [5, 5.41) is 19.8. The molecule has 2 rings (SSSR count). The highest BCUT2D eigenvalue weighted by molar-refractivity contribution is 5.94. The number of rotatable bonds is 4. The highest BCUT2D eigenvalue weighted by atomic mass is 16.6. The molecule has 0 radical (unpaired) electrons. The first kappa shape index (κ1) is 13.2. The minimum absolute atomic E-state index is 0.0265. The van der Waals surface area contributed by atoms with Gasteiger partial charge in [0.25, 0.3) is 5.69 Å². The maximum atomic E-state index is 11.2. The summed E-state index contributed by atoms with van der Waals surface area (Å²) < 4.78 is 5.20. The smallest absolute Gasteiger partial charge is 0.339 e. The van der Waals surface area contributed by atoms with Crippen LogP contribution in [-0.4, -0.2) is 47.3 Å². The third-order valence-corrected chi connectivity index (χ3v) is 3.07. The van der Waals surface area contributed by atoms with Crippen LogP contribution in [-0.2, 0) is 4.74 Å². The number of nitrogens with zero attached hydrogens (tertiary/aromatic N) is 3. The molecule has 102 valence electrons. The molecule has 1 atom stereocenters. The van der Waals surface area contributed by atoms with Gasteiger partial charge in [-0.3, -0.25) is 10.1 Å². The summed E-state index contributed by atoms with van der Waals surface area (Å²) in [7, 11) is 1.59. The first-order chi connectivity index (χ1) is 9.02. The van der Waals surface area contributed by atoms with E-state index >= 15 is 0 Å². The molecule has 0 saturated carbocycles. The van der Waals surface area contributed by atoms with Crippen molar-refractivity contribution < 1.29 is 19.6 Å². The Labute approximate surface area is 108 Å². The predicted octanol–water partition coefficient (Wildman–Crippen LogP) is 0.913. The lowest BCUT2D eigenvalue weighted by molar-refractivity contribution is -0.385. The van der Waals surface area contributed by atoms with Gasteiger partial charge < -0.3 is 14.7 Å². The van der Waals surface area contributed by atoms with E-state index in [2.05, 4.69) is 4.98 Å².